The van der Waals surface area contributed by atoms with Crippen molar-refractivity contribution in [1.29, 1.82) is 0 Å². The molecule has 0 bridgehead atoms. The molecule has 4 heteroatoms. The van der Waals surface area contributed by atoms with E-state index in [0.29, 0.717) is 12.1 Å². The fourth-order valence-corrected chi connectivity index (χ4v) is 2.54. The predicted molar refractivity (Wildman–Crippen MR) is 72.6 cm³/mol. The minimum absolute atomic E-state index is 0.0933. The van der Waals surface area contributed by atoms with Crippen molar-refractivity contribution in [2.24, 2.45) is 7.05 Å². The quantitative estimate of drug-likeness (QED) is 0.893. The van der Waals surface area contributed by atoms with Gasteiger partial charge in [0.2, 0.25) is 0 Å². The number of rotatable bonds is 3. The molecule has 1 fully saturated rings. The van der Waals surface area contributed by atoms with E-state index in [1.54, 1.807) is 0 Å². The van der Waals surface area contributed by atoms with Crippen LogP contribution in [0.5, 0.6) is 0 Å². The van der Waals surface area contributed by atoms with Gasteiger partial charge < -0.3 is 10.1 Å². The average Bonchev–Trinajstić information content (AvgIpc) is 2.81. The summed E-state index contributed by atoms with van der Waals surface area (Å²) >= 11 is 0. The van der Waals surface area contributed by atoms with Crippen LogP contribution in [-0.4, -0.2) is 28.5 Å². The van der Waals surface area contributed by atoms with Gasteiger partial charge >= 0.3 is 0 Å². The third-order valence-electron chi connectivity index (χ3n) is 3.55. The molecule has 0 saturated carbocycles. The first-order valence-electron chi connectivity index (χ1n) is 6.76. The lowest BCUT2D eigenvalue weighted by molar-refractivity contribution is 0.113. The molecule has 1 saturated heterocycles. The van der Waals surface area contributed by atoms with Gasteiger partial charge in [-0.3, -0.25) is 4.68 Å². The molecule has 18 heavy (non-hydrogen) atoms. The van der Waals surface area contributed by atoms with Crippen LogP contribution < -0.4 is 5.32 Å². The Balaban J connectivity index is 2.05. The van der Waals surface area contributed by atoms with E-state index in [4.69, 9.17) is 4.74 Å². The van der Waals surface area contributed by atoms with E-state index in [1.807, 2.05) is 11.7 Å². The summed E-state index contributed by atoms with van der Waals surface area (Å²) in [4.78, 5) is 0. The van der Waals surface area contributed by atoms with Gasteiger partial charge in [-0.05, 0) is 13.3 Å². The van der Waals surface area contributed by atoms with Gasteiger partial charge in [-0.2, -0.15) is 5.10 Å². The number of hydrogen-bond acceptors (Lipinski definition) is 3. The molecule has 1 aliphatic heterocycles. The highest BCUT2D eigenvalue weighted by atomic mass is 16.5. The first-order valence-corrected chi connectivity index (χ1v) is 6.76. The molecule has 1 N–H and O–H groups in total. The molecular formula is C14H25N3O. The van der Waals surface area contributed by atoms with Crippen LogP contribution in [0.15, 0.2) is 6.20 Å². The summed E-state index contributed by atoms with van der Waals surface area (Å²) in [7, 11) is 1.99. The first kappa shape index (κ1) is 13.6. The lowest BCUT2D eigenvalue weighted by atomic mass is 9.89. The van der Waals surface area contributed by atoms with Crippen LogP contribution in [0, 0.1) is 0 Å². The Labute approximate surface area is 110 Å². The minimum atomic E-state index is 0.0933. The van der Waals surface area contributed by atoms with Crippen molar-refractivity contribution in [2.75, 3.05) is 6.61 Å². The van der Waals surface area contributed by atoms with Crippen molar-refractivity contribution in [3.63, 3.8) is 0 Å². The second kappa shape index (κ2) is 5.02. The van der Waals surface area contributed by atoms with Gasteiger partial charge in [-0.15, -0.1) is 0 Å². The van der Waals surface area contributed by atoms with E-state index in [0.717, 1.165) is 19.6 Å². The molecule has 2 atom stereocenters. The molecule has 0 amide bonds. The highest BCUT2D eigenvalue weighted by molar-refractivity contribution is 5.24. The summed E-state index contributed by atoms with van der Waals surface area (Å²) in [5, 5.41) is 8.19. The second-order valence-electron chi connectivity index (χ2n) is 6.28. The Morgan fingerprint density at radius 2 is 2.22 bits per heavy atom. The fraction of sp³-hybridized carbons (Fsp3) is 0.786. The second-order valence-corrected chi connectivity index (χ2v) is 6.28. The van der Waals surface area contributed by atoms with E-state index in [-0.39, 0.29) is 5.41 Å². The van der Waals surface area contributed by atoms with E-state index in [1.165, 1.54) is 11.3 Å². The van der Waals surface area contributed by atoms with Crippen molar-refractivity contribution < 1.29 is 4.74 Å². The predicted octanol–water partition coefficient (Wildman–Crippen LogP) is 1.98. The topological polar surface area (TPSA) is 39.1 Å². The minimum Gasteiger partial charge on any atom is -0.377 e. The zero-order valence-electron chi connectivity index (χ0n) is 12.2. The molecule has 0 spiro atoms. The summed E-state index contributed by atoms with van der Waals surface area (Å²) in [5.74, 6) is 0. The van der Waals surface area contributed by atoms with Crippen LogP contribution in [-0.2, 0) is 23.7 Å². The van der Waals surface area contributed by atoms with Gasteiger partial charge in [0, 0.05) is 43.4 Å². The molecule has 0 aromatic carbocycles. The van der Waals surface area contributed by atoms with Crippen LogP contribution in [0.25, 0.3) is 0 Å². The molecule has 2 unspecified atom stereocenters. The number of nitrogens with zero attached hydrogens (tertiary/aromatic N) is 2. The van der Waals surface area contributed by atoms with Crippen LogP contribution in [0.4, 0.5) is 0 Å². The Morgan fingerprint density at radius 3 is 2.78 bits per heavy atom. The monoisotopic (exact) mass is 251 g/mol. The van der Waals surface area contributed by atoms with Crippen LogP contribution in [0.2, 0.25) is 0 Å². The van der Waals surface area contributed by atoms with Gasteiger partial charge in [0.1, 0.15) is 0 Å². The molecule has 2 heterocycles. The van der Waals surface area contributed by atoms with Crippen molar-refractivity contribution in [1.82, 2.24) is 15.1 Å². The standard InChI is InChI=1S/C14H25N3O/c1-10-12(6-7-18-10)15-8-11-9-17(5)16-13(11)14(2,3)4/h9-10,12,15H,6-8H2,1-5H3. The summed E-state index contributed by atoms with van der Waals surface area (Å²) in [5.41, 5.74) is 2.57. The molecule has 4 nitrogen and oxygen atoms in total. The molecule has 2 rings (SSSR count). The van der Waals surface area contributed by atoms with Crippen molar-refractivity contribution in [3.05, 3.63) is 17.5 Å². The maximum atomic E-state index is 5.57. The zero-order chi connectivity index (χ0) is 13.3. The maximum Gasteiger partial charge on any atom is 0.0722 e. The normalized spacial score (nSPS) is 24.7. The third-order valence-corrected chi connectivity index (χ3v) is 3.55. The maximum absolute atomic E-state index is 5.57. The zero-order valence-corrected chi connectivity index (χ0v) is 12.2. The summed E-state index contributed by atoms with van der Waals surface area (Å²) in [6, 6.07) is 0.470. The van der Waals surface area contributed by atoms with Crippen molar-refractivity contribution >= 4 is 0 Å². The van der Waals surface area contributed by atoms with Crippen molar-refractivity contribution in [3.8, 4) is 0 Å². The average molecular weight is 251 g/mol. The molecule has 0 aliphatic carbocycles. The smallest absolute Gasteiger partial charge is 0.0722 e. The van der Waals surface area contributed by atoms with E-state index >= 15 is 0 Å². The van der Waals surface area contributed by atoms with Gasteiger partial charge in [0.15, 0.2) is 0 Å². The Kier molecular flexibility index (Phi) is 3.78. The number of nitrogens with one attached hydrogen (secondary N) is 1. The molecule has 1 aliphatic rings. The molecule has 1 aromatic heterocycles. The first-order chi connectivity index (χ1) is 8.38. The summed E-state index contributed by atoms with van der Waals surface area (Å²) in [6.07, 6.45) is 3.54. The van der Waals surface area contributed by atoms with Crippen LogP contribution in [0.1, 0.15) is 45.4 Å². The van der Waals surface area contributed by atoms with Crippen LogP contribution >= 0.6 is 0 Å². The molecule has 102 valence electrons. The number of hydrogen-bond donors (Lipinski definition) is 1. The van der Waals surface area contributed by atoms with E-state index < -0.39 is 0 Å². The van der Waals surface area contributed by atoms with Crippen molar-refractivity contribution in [2.45, 2.75) is 58.2 Å². The highest BCUT2D eigenvalue weighted by Gasteiger charge is 2.26. The lowest BCUT2D eigenvalue weighted by Crippen LogP contribution is -2.34. The van der Waals surface area contributed by atoms with Gasteiger partial charge in [-0.25, -0.2) is 0 Å². The Morgan fingerprint density at radius 1 is 1.50 bits per heavy atom. The lowest BCUT2D eigenvalue weighted by Gasteiger charge is -2.20. The Hall–Kier alpha value is -0.870. The Bertz CT molecular complexity index is 406. The number of aryl methyl sites for hydroxylation is 1. The molecule has 0 radical (unpaired) electrons. The molecule has 1 aromatic rings. The van der Waals surface area contributed by atoms with Gasteiger partial charge in [0.25, 0.3) is 0 Å². The number of ether oxygens (including phenoxy) is 1. The third kappa shape index (κ3) is 2.93. The van der Waals surface area contributed by atoms with E-state index in [2.05, 4.69) is 44.3 Å². The summed E-state index contributed by atoms with van der Waals surface area (Å²) < 4.78 is 7.48. The summed E-state index contributed by atoms with van der Waals surface area (Å²) in [6.45, 7) is 10.5. The SMILES string of the molecule is CC1OCCC1NCc1cn(C)nc1C(C)(C)C. The van der Waals surface area contributed by atoms with Crippen LogP contribution in [0.3, 0.4) is 0 Å². The van der Waals surface area contributed by atoms with E-state index in [9.17, 15) is 0 Å². The highest BCUT2D eigenvalue weighted by Crippen LogP contribution is 2.24. The van der Waals surface area contributed by atoms with Gasteiger partial charge in [-0.1, -0.05) is 20.8 Å². The largest absolute Gasteiger partial charge is 0.377 e. The molecular weight excluding hydrogens is 226 g/mol. The fourth-order valence-electron chi connectivity index (χ4n) is 2.54. The number of aromatic nitrogens is 2. The van der Waals surface area contributed by atoms with Gasteiger partial charge in [0.05, 0.1) is 11.8 Å².